The molecule has 0 aliphatic rings. The molecule has 8 heteroatoms. The highest BCUT2D eigenvalue weighted by atomic mass is 19.4. The maximum Gasteiger partial charge on any atom is 0.418 e. The van der Waals surface area contributed by atoms with E-state index in [0.29, 0.717) is 22.4 Å². The number of halogens is 3. The standard InChI is InChI=1S/C22H19F3N2O3/c1-12-10-17(21(29)30)13(2)27(12)19-9-8-16(11-18(19)22(23,24)25)14-4-6-15(7-5-14)20(28)26-3/h4-11H,1-3H3,(H,26,28)(H,29,30). The van der Waals surface area contributed by atoms with Gasteiger partial charge in [-0.3, -0.25) is 4.79 Å². The Kier molecular flexibility index (Phi) is 5.43. The third-order valence-electron chi connectivity index (χ3n) is 4.91. The molecule has 0 unspecified atom stereocenters. The van der Waals surface area contributed by atoms with E-state index >= 15 is 0 Å². The second-order valence-electron chi connectivity index (χ2n) is 6.81. The molecule has 1 heterocycles. The van der Waals surface area contributed by atoms with Crippen LogP contribution in [-0.4, -0.2) is 28.6 Å². The Balaban J connectivity index is 2.15. The van der Waals surface area contributed by atoms with E-state index in [0.717, 1.165) is 6.07 Å². The van der Waals surface area contributed by atoms with Crippen LogP contribution in [0.5, 0.6) is 0 Å². The summed E-state index contributed by atoms with van der Waals surface area (Å²) in [6.07, 6.45) is -4.65. The van der Waals surface area contributed by atoms with E-state index in [2.05, 4.69) is 5.32 Å². The van der Waals surface area contributed by atoms with Gasteiger partial charge in [-0.1, -0.05) is 18.2 Å². The quantitative estimate of drug-likeness (QED) is 0.640. The number of hydrogen-bond acceptors (Lipinski definition) is 2. The lowest BCUT2D eigenvalue weighted by molar-refractivity contribution is -0.137. The van der Waals surface area contributed by atoms with Crippen molar-refractivity contribution >= 4 is 11.9 Å². The number of hydrogen-bond donors (Lipinski definition) is 2. The van der Waals surface area contributed by atoms with Gasteiger partial charge in [0.15, 0.2) is 0 Å². The van der Waals surface area contributed by atoms with Crippen LogP contribution >= 0.6 is 0 Å². The molecule has 0 fully saturated rings. The molecule has 0 aliphatic heterocycles. The Morgan fingerprint density at radius 2 is 1.57 bits per heavy atom. The number of amides is 1. The Morgan fingerprint density at radius 1 is 0.967 bits per heavy atom. The molecule has 1 amide bonds. The van der Waals surface area contributed by atoms with Gasteiger partial charge >= 0.3 is 12.1 Å². The summed E-state index contributed by atoms with van der Waals surface area (Å²) in [6.45, 7) is 3.03. The van der Waals surface area contributed by atoms with Crippen molar-refractivity contribution in [3.8, 4) is 16.8 Å². The molecular formula is C22H19F3N2O3. The van der Waals surface area contributed by atoms with Gasteiger partial charge in [0, 0.05) is 24.0 Å². The lowest BCUT2D eigenvalue weighted by Crippen LogP contribution is -2.17. The molecule has 0 aliphatic carbocycles. The van der Waals surface area contributed by atoms with Gasteiger partial charge in [0.25, 0.3) is 5.91 Å². The fraction of sp³-hybridized carbons (Fsp3) is 0.182. The summed E-state index contributed by atoms with van der Waals surface area (Å²) < 4.78 is 43.0. The summed E-state index contributed by atoms with van der Waals surface area (Å²) in [5.74, 6) is -1.49. The zero-order valence-corrected chi connectivity index (χ0v) is 16.5. The van der Waals surface area contributed by atoms with Crippen LogP contribution in [0.1, 0.15) is 37.7 Å². The summed E-state index contributed by atoms with van der Waals surface area (Å²) >= 11 is 0. The number of benzene rings is 2. The van der Waals surface area contributed by atoms with Gasteiger partial charge in [-0.25, -0.2) is 4.79 Å². The number of carboxylic acid groups (broad SMARTS) is 1. The molecule has 3 aromatic rings. The van der Waals surface area contributed by atoms with Gasteiger partial charge in [-0.05, 0) is 55.3 Å². The number of nitrogens with one attached hydrogen (secondary N) is 1. The van der Waals surface area contributed by atoms with Gasteiger partial charge in [0.2, 0.25) is 0 Å². The number of carboxylic acids is 1. The predicted octanol–water partition coefficient (Wildman–Crippen LogP) is 4.84. The molecule has 0 atom stereocenters. The molecule has 2 N–H and O–H groups in total. The Labute approximate surface area is 170 Å². The average Bonchev–Trinajstić information content (AvgIpc) is 3.00. The van der Waals surface area contributed by atoms with Crippen molar-refractivity contribution in [2.75, 3.05) is 7.05 Å². The fourth-order valence-electron chi connectivity index (χ4n) is 3.45. The summed E-state index contributed by atoms with van der Waals surface area (Å²) in [7, 11) is 1.49. The van der Waals surface area contributed by atoms with Crippen LogP contribution in [-0.2, 0) is 6.18 Å². The monoisotopic (exact) mass is 416 g/mol. The molecule has 0 bridgehead atoms. The average molecular weight is 416 g/mol. The fourth-order valence-corrected chi connectivity index (χ4v) is 3.45. The van der Waals surface area contributed by atoms with E-state index in [9.17, 15) is 27.9 Å². The topological polar surface area (TPSA) is 71.3 Å². The molecule has 0 spiro atoms. The second kappa shape index (κ2) is 7.70. The molecule has 1 aromatic heterocycles. The first-order valence-electron chi connectivity index (χ1n) is 9.01. The lowest BCUT2D eigenvalue weighted by atomic mass is 10.00. The largest absolute Gasteiger partial charge is 0.478 e. The number of rotatable bonds is 4. The number of alkyl halides is 3. The first-order chi connectivity index (χ1) is 14.0. The van der Waals surface area contributed by atoms with Crippen molar-refractivity contribution in [2.45, 2.75) is 20.0 Å². The molecule has 5 nitrogen and oxygen atoms in total. The molecular weight excluding hydrogens is 397 g/mol. The van der Waals surface area contributed by atoms with Crippen molar-refractivity contribution in [3.05, 3.63) is 76.6 Å². The summed E-state index contributed by atoms with van der Waals surface area (Å²) in [4.78, 5) is 23.0. The van der Waals surface area contributed by atoms with Crippen molar-refractivity contribution in [1.82, 2.24) is 9.88 Å². The Bertz CT molecular complexity index is 1130. The molecule has 0 radical (unpaired) electrons. The van der Waals surface area contributed by atoms with Gasteiger partial charge in [-0.15, -0.1) is 0 Å². The highest BCUT2D eigenvalue weighted by molar-refractivity contribution is 5.94. The molecule has 156 valence electrons. The zero-order valence-electron chi connectivity index (χ0n) is 16.5. The van der Waals surface area contributed by atoms with Crippen LogP contribution in [0.15, 0.2) is 48.5 Å². The molecule has 2 aromatic carbocycles. The summed E-state index contributed by atoms with van der Waals surface area (Å²) in [5, 5.41) is 11.8. The maximum atomic E-state index is 13.9. The van der Waals surface area contributed by atoms with Crippen LogP contribution in [0.3, 0.4) is 0 Å². The number of aromatic nitrogens is 1. The maximum absolute atomic E-state index is 13.9. The van der Waals surface area contributed by atoms with Crippen molar-refractivity contribution < 1.29 is 27.9 Å². The minimum atomic E-state index is -4.65. The first kappa shape index (κ1) is 21.2. The molecule has 0 saturated heterocycles. The van der Waals surface area contributed by atoms with Crippen molar-refractivity contribution in [1.29, 1.82) is 0 Å². The van der Waals surface area contributed by atoms with E-state index in [4.69, 9.17) is 0 Å². The summed E-state index contributed by atoms with van der Waals surface area (Å²) in [5.41, 5.74) is 0.779. The van der Waals surface area contributed by atoms with E-state index in [1.54, 1.807) is 25.1 Å². The van der Waals surface area contributed by atoms with Gasteiger partial charge < -0.3 is 15.0 Å². The van der Waals surface area contributed by atoms with Gasteiger partial charge in [0.05, 0.1) is 16.8 Å². The second-order valence-corrected chi connectivity index (χ2v) is 6.81. The number of aromatic carboxylic acids is 1. The zero-order chi connectivity index (χ0) is 22.2. The third kappa shape index (κ3) is 3.80. The normalized spacial score (nSPS) is 11.4. The van der Waals surface area contributed by atoms with E-state index in [1.807, 2.05) is 0 Å². The number of aryl methyl sites for hydroxylation is 1. The third-order valence-corrected chi connectivity index (χ3v) is 4.91. The highest BCUT2D eigenvalue weighted by Gasteiger charge is 2.35. The number of nitrogens with zero attached hydrogens (tertiary/aromatic N) is 1. The van der Waals surface area contributed by atoms with E-state index in [1.165, 1.54) is 42.8 Å². The number of carbonyl (C=O) groups is 2. The highest BCUT2D eigenvalue weighted by Crippen LogP contribution is 2.38. The minimum Gasteiger partial charge on any atom is -0.478 e. The van der Waals surface area contributed by atoms with Crippen LogP contribution in [0.25, 0.3) is 16.8 Å². The van der Waals surface area contributed by atoms with Crippen molar-refractivity contribution in [3.63, 3.8) is 0 Å². The van der Waals surface area contributed by atoms with E-state index < -0.39 is 17.7 Å². The van der Waals surface area contributed by atoms with Crippen molar-refractivity contribution in [2.24, 2.45) is 0 Å². The molecule has 30 heavy (non-hydrogen) atoms. The van der Waals surface area contributed by atoms with Gasteiger partial charge in [0.1, 0.15) is 0 Å². The van der Waals surface area contributed by atoms with Crippen LogP contribution < -0.4 is 5.32 Å². The summed E-state index contributed by atoms with van der Waals surface area (Å²) in [6, 6.07) is 11.5. The SMILES string of the molecule is CNC(=O)c1ccc(-c2ccc(-n3c(C)cc(C(=O)O)c3C)c(C(F)(F)F)c2)cc1. The lowest BCUT2D eigenvalue weighted by Gasteiger charge is -2.18. The Morgan fingerprint density at radius 3 is 2.07 bits per heavy atom. The smallest absolute Gasteiger partial charge is 0.418 e. The minimum absolute atomic E-state index is 0.0468. The number of carbonyl (C=O) groups excluding carboxylic acids is 1. The van der Waals surface area contributed by atoms with E-state index in [-0.39, 0.29) is 22.9 Å². The molecule has 3 rings (SSSR count). The Hall–Kier alpha value is -3.55. The van der Waals surface area contributed by atoms with Crippen LogP contribution in [0.2, 0.25) is 0 Å². The van der Waals surface area contributed by atoms with Crippen LogP contribution in [0.4, 0.5) is 13.2 Å². The molecule has 0 saturated carbocycles. The first-order valence-corrected chi connectivity index (χ1v) is 9.01. The predicted molar refractivity (Wildman–Crippen MR) is 106 cm³/mol. The van der Waals surface area contributed by atoms with Gasteiger partial charge in [-0.2, -0.15) is 13.2 Å². The van der Waals surface area contributed by atoms with Crippen LogP contribution in [0, 0.1) is 13.8 Å².